The van der Waals surface area contributed by atoms with Crippen molar-refractivity contribution in [3.8, 4) is 27.9 Å². The fraction of sp³-hybridized carbons (Fsp3) is 0.259. The molecule has 188 valence electrons. The molecular formula is C27H24N4O5S. The van der Waals surface area contributed by atoms with Crippen LogP contribution >= 0.6 is 11.3 Å². The third-order valence-corrected chi connectivity index (χ3v) is 7.23. The number of thiazole rings is 1. The maximum Gasteiger partial charge on any atom is 0.336 e. The molecule has 0 bridgehead atoms. The van der Waals surface area contributed by atoms with Crippen molar-refractivity contribution in [3.63, 3.8) is 0 Å². The molecule has 0 saturated carbocycles. The largest absolute Gasteiger partial charge is 0.468 e. The van der Waals surface area contributed by atoms with E-state index in [-0.39, 0.29) is 11.1 Å². The molecule has 37 heavy (non-hydrogen) atoms. The third-order valence-electron chi connectivity index (χ3n) is 6.35. The van der Waals surface area contributed by atoms with E-state index >= 15 is 0 Å². The van der Waals surface area contributed by atoms with Gasteiger partial charge in [-0.1, -0.05) is 24.3 Å². The number of methoxy groups -OCH3 is 2. The summed E-state index contributed by atoms with van der Waals surface area (Å²) in [6, 6.07) is 10.8. The van der Waals surface area contributed by atoms with Crippen LogP contribution in [0.3, 0.4) is 0 Å². The van der Waals surface area contributed by atoms with Crippen molar-refractivity contribution < 1.29 is 19.1 Å². The first kappa shape index (κ1) is 25.7. The van der Waals surface area contributed by atoms with Gasteiger partial charge in [0.1, 0.15) is 22.6 Å². The van der Waals surface area contributed by atoms with Gasteiger partial charge in [0.15, 0.2) is 0 Å². The molecular weight excluding hydrogens is 492 g/mol. The zero-order chi connectivity index (χ0) is 26.9. The van der Waals surface area contributed by atoms with E-state index in [2.05, 4.69) is 9.98 Å². The Morgan fingerprint density at radius 2 is 1.84 bits per heavy atom. The molecule has 1 aliphatic rings. The number of H-pyrrole nitrogens is 1. The number of aliphatic imine (C=N–C) groups is 1. The number of esters is 2. The molecule has 10 heteroatoms. The van der Waals surface area contributed by atoms with E-state index in [1.807, 2.05) is 35.7 Å². The van der Waals surface area contributed by atoms with Crippen molar-refractivity contribution in [2.24, 2.45) is 10.9 Å². The Kier molecular flexibility index (Phi) is 7.18. The van der Waals surface area contributed by atoms with Gasteiger partial charge < -0.3 is 14.5 Å². The van der Waals surface area contributed by atoms with E-state index in [9.17, 15) is 19.6 Å². The minimum Gasteiger partial charge on any atom is -0.468 e. The fourth-order valence-corrected chi connectivity index (χ4v) is 5.50. The van der Waals surface area contributed by atoms with Crippen LogP contribution in [0.25, 0.3) is 21.8 Å². The van der Waals surface area contributed by atoms with Gasteiger partial charge in [-0.05, 0) is 32.4 Å². The first-order valence-electron chi connectivity index (χ1n) is 11.3. The molecule has 3 aromatic rings. The summed E-state index contributed by atoms with van der Waals surface area (Å²) in [6.07, 6.45) is 0. The van der Waals surface area contributed by atoms with Crippen LogP contribution in [-0.4, -0.2) is 41.8 Å². The second-order valence-electron chi connectivity index (χ2n) is 8.51. The van der Waals surface area contributed by atoms with Gasteiger partial charge in [-0.15, -0.1) is 11.3 Å². The molecule has 2 unspecified atom stereocenters. The smallest absolute Gasteiger partial charge is 0.336 e. The van der Waals surface area contributed by atoms with Gasteiger partial charge in [-0.25, -0.2) is 9.78 Å². The number of hydrogen-bond acceptors (Lipinski definition) is 9. The van der Waals surface area contributed by atoms with Gasteiger partial charge in [0.25, 0.3) is 5.56 Å². The van der Waals surface area contributed by atoms with E-state index in [1.54, 1.807) is 20.8 Å². The predicted molar refractivity (Wildman–Crippen MR) is 139 cm³/mol. The number of nitrogens with zero attached hydrogens (tertiary/aromatic N) is 3. The minimum absolute atomic E-state index is 0.00299. The van der Waals surface area contributed by atoms with Crippen LogP contribution in [0.1, 0.15) is 36.6 Å². The van der Waals surface area contributed by atoms with Crippen molar-refractivity contribution in [1.82, 2.24) is 9.97 Å². The number of pyridine rings is 1. The summed E-state index contributed by atoms with van der Waals surface area (Å²) < 4.78 is 10.2. The summed E-state index contributed by atoms with van der Waals surface area (Å²) in [7, 11) is 2.59. The molecule has 1 N–H and O–H groups in total. The highest BCUT2D eigenvalue weighted by Crippen LogP contribution is 2.44. The Morgan fingerprint density at radius 3 is 2.51 bits per heavy atom. The molecule has 0 aliphatic carbocycles. The number of carbonyl (C=O) groups excluding carboxylic acids is 2. The number of allylic oxidation sites excluding steroid dienone is 1. The van der Waals surface area contributed by atoms with Crippen molar-refractivity contribution in [3.05, 3.63) is 74.2 Å². The van der Waals surface area contributed by atoms with Crippen molar-refractivity contribution in [2.75, 3.05) is 14.2 Å². The first-order chi connectivity index (χ1) is 17.7. The number of nitriles is 1. The highest BCUT2D eigenvalue weighted by molar-refractivity contribution is 7.13. The van der Waals surface area contributed by atoms with Gasteiger partial charge in [0, 0.05) is 39.5 Å². The highest BCUT2D eigenvalue weighted by atomic mass is 32.1. The van der Waals surface area contributed by atoms with E-state index in [4.69, 9.17) is 14.5 Å². The summed E-state index contributed by atoms with van der Waals surface area (Å²) in [6.45, 7) is 5.19. The summed E-state index contributed by atoms with van der Waals surface area (Å²) in [5.74, 6) is -2.62. The Balaban J connectivity index is 1.90. The second-order valence-corrected chi connectivity index (χ2v) is 9.37. The summed E-state index contributed by atoms with van der Waals surface area (Å²) in [4.78, 5) is 49.8. The van der Waals surface area contributed by atoms with E-state index in [0.717, 1.165) is 5.56 Å². The van der Waals surface area contributed by atoms with E-state index in [0.29, 0.717) is 38.9 Å². The molecule has 0 amide bonds. The lowest BCUT2D eigenvalue weighted by molar-refractivity contribution is -0.143. The zero-order valence-electron chi connectivity index (χ0n) is 20.9. The third kappa shape index (κ3) is 4.61. The fourth-order valence-electron chi connectivity index (χ4n) is 4.64. The number of aromatic nitrogens is 2. The van der Waals surface area contributed by atoms with E-state index < -0.39 is 29.3 Å². The van der Waals surface area contributed by atoms with E-state index in [1.165, 1.54) is 31.6 Å². The SMILES string of the molecule is COC(=O)C1=C(C)N=C(C)C(C(=O)OC)C1c1ccccc1-c1nc(-c2cc(C#N)c(=O)[nH]c2C)cs1. The molecule has 4 rings (SSSR count). The standard InChI is InChI=1S/C27H24N4O5S/c1-13-19(10-16(11-28)24(32)30-13)20-12-37-25(31-20)18-9-7-6-8-17(18)23-21(26(33)35-4)14(2)29-15(3)22(23)27(34)36-5/h6-10,12,21,23H,1-5H3,(H,30,32). The topological polar surface area (TPSA) is 134 Å². The van der Waals surface area contributed by atoms with Crippen LogP contribution in [0.5, 0.6) is 0 Å². The molecule has 3 heterocycles. The molecule has 0 fully saturated rings. The number of benzene rings is 1. The summed E-state index contributed by atoms with van der Waals surface area (Å²) in [5.41, 5.74) is 4.06. The number of hydrogen-bond donors (Lipinski definition) is 1. The molecule has 2 atom stereocenters. The predicted octanol–water partition coefficient (Wildman–Crippen LogP) is 4.14. The monoisotopic (exact) mass is 516 g/mol. The van der Waals surface area contributed by atoms with Crippen LogP contribution < -0.4 is 5.56 Å². The Labute approximate surface area is 217 Å². The number of aromatic amines is 1. The number of rotatable bonds is 5. The normalized spacial score (nSPS) is 17.1. The lowest BCUT2D eigenvalue weighted by Crippen LogP contribution is -2.36. The summed E-state index contributed by atoms with van der Waals surface area (Å²) >= 11 is 1.37. The Morgan fingerprint density at radius 1 is 1.11 bits per heavy atom. The molecule has 0 saturated heterocycles. The Bertz CT molecular complexity index is 1570. The number of carbonyl (C=O) groups is 2. The first-order valence-corrected chi connectivity index (χ1v) is 12.2. The van der Waals surface area contributed by atoms with Gasteiger partial charge in [0.05, 0.1) is 25.5 Å². The van der Waals surface area contributed by atoms with Gasteiger partial charge in [-0.3, -0.25) is 14.6 Å². The maximum atomic E-state index is 12.9. The lowest BCUT2D eigenvalue weighted by atomic mass is 9.74. The maximum absolute atomic E-state index is 12.9. The quantitative estimate of drug-likeness (QED) is 0.504. The molecule has 0 radical (unpaired) electrons. The van der Waals surface area contributed by atoms with Crippen LogP contribution in [0.2, 0.25) is 0 Å². The number of ether oxygens (including phenoxy) is 2. The van der Waals surface area contributed by atoms with Crippen molar-refractivity contribution in [2.45, 2.75) is 26.7 Å². The van der Waals surface area contributed by atoms with Crippen LogP contribution in [0, 0.1) is 24.2 Å². The highest BCUT2D eigenvalue weighted by Gasteiger charge is 2.43. The van der Waals surface area contributed by atoms with Crippen LogP contribution in [-0.2, 0) is 19.1 Å². The molecule has 1 aromatic carbocycles. The molecule has 1 aliphatic heterocycles. The molecule has 9 nitrogen and oxygen atoms in total. The minimum atomic E-state index is -0.831. The average Bonchev–Trinajstić information content (AvgIpc) is 3.37. The van der Waals surface area contributed by atoms with Crippen molar-refractivity contribution in [1.29, 1.82) is 5.26 Å². The van der Waals surface area contributed by atoms with Crippen molar-refractivity contribution >= 4 is 29.0 Å². The van der Waals surface area contributed by atoms with Crippen LogP contribution in [0.15, 0.2) is 56.8 Å². The molecule has 0 spiro atoms. The average molecular weight is 517 g/mol. The Hall–Kier alpha value is -4.36. The molecule has 2 aromatic heterocycles. The second kappa shape index (κ2) is 10.3. The van der Waals surface area contributed by atoms with Crippen LogP contribution in [0.4, 0.5) is 0 Å². The lowest BCUT2D eigenvalue weighted by Gasteiger charge is -2.32. The van der Waals surface area contributed by atoms with Gasteiger partial charge in [-0.2, -0.15) is 5.26 Å². The van der Waals surface area contributed by atoms with Gasteiger partial charge in [0.2, 0.25) is 0 Å². The number of nitrogens with one attached hydrogen (secondary N) is 1. The summed E-state index contributed by atoms with van der Waals surface area (Å²) in [5, 5.41) is 11.8. The zero-order valence-corrected chi connectivity index (χ0v) is 21.7. The number of aryl methyl sites for hydroxylation is 1. The van der Waals surface area contributed by atoms with Gasteiger partial charge >= 0.3 is 11.9 Å².